The molecule has 176 valence electrons. The van der Waals surface area contributed by atoms with Gasteiger partial charge in [-0.15, -0.1) is 0 Å². The molecule has 0 saturated carbocycles. The van der Waals surface area contributed by atoms with Crippen LogP contribution in [0.5, 0.6) is 0 Å². The quantitative estimate of drug-likeness (QED) is 0.238. The molecule has 0 amide bonds. The Morgan fingerprint density at radius 3 is 1.08 bits per heavy atom. The van der Waals surface area contributed by atoms with Crippen LogP contribution in [0.15, 0.2) is 119 Å². The molecule has 4 rings (SSSR count). The van der Waals surface area contributed by atoms with Crippen molar-refractivity contribution in [2.24, 2.45) is 0 Å². The summed E-state index contributed by atoms with van der Waals surface area (Å²) in [5.74, 6) is 0. The first kappa shape index (κ1) is 30.3. The Morgan fingerprint density at radius 2 is 0.778 bits per heavy atom. The molecule has 6 nitrogen and oxygen atoms in total. The van der Waals surface area contributed by atoms with Crippen molar-refractivity contribution in [3.63, 3.8) is 0 Å². The molecule has 4 aromatic carbocycles. The van der Waals surface area contributed by atoms with E-state index in [1.54, 1.807) is 60.7 Å². The van der Waals surface area contributed by atoms with Gasteiger partial charge in [0.1, 0.15) is 0 Å². The number of sulfonamides is 2. The summed E-state index contributed by atoms with van der Waals surface area (Å²) in [5, 5.41) is 0. The number of hydrogen-bond donors (Lipinski definition) is 2. The van der Waals surface area contributed by atoms with Crippen LogP contribution in [0.1, 0.15) is 14.0 Å². The van der Waals surface area contributed by atoms with E-state index in [1.165, 1.54) is 24.3 Å². The first-order valence-electron chi connectivity index (χ1n) is 10.4. The van der Waals surface area contributed by atoms with Gasteiger partial charge in [-0.05, 0) is 59.7 Å². The third-order valence-electron chi connectivity index (χ3n) is 4.90. The molecule has 4 aromatic rings. The van der Waals surface area contributed by atoms with Gasteiger partial charge in [-0.25, -0.2) is 16.8 Å². The van der Waals surface area contributed by atoms with Crippen molar-refractivity contribution in [1.82, 2.24) is 0 Å². The van der Waals surface area contributed by atoms with Crippen molar-refractivity contribution >= 4 is 43.6 Å². The van der Waals surface area contributed by atoms with E-state index in [1.807, 2.05) is 36.4 Å². The first-order chi connectivity index (χ1) is 16.3. The average molecular weight is 539 g/mol. The fraction of sp³-hybridized carbons (Fsp3) is 0. The Bertz CT molecular complexity index is 1390. The van der Waals surface area contributed by atoms with Gasteiger partial charge in [0.2, 0.25) is 0 Å². The summed E-state index contributed by atoms with van der Waals surface area (Å²) in [6, 6.07) is 30.4. The maximum atomic E-state index is 12.4. The Hall–Kier alpha value is -1.88. The second-order valence-corrected chi connectivity index (χ2v) is 10.8. The van der Waals surface area contributed by atoms with Gasteiger partial charge in [0.05, 0.1) is 9.79 Å². The standard InChI is InChI=1S/C26H22N2O4S2.2Na.2H/c29-33(30,25-7-3-1-4-8-25)27-23-17-13-21(14-18-23)11-12-22-15-19-24(20-16-22)28-34(31,32)26-9-5-2-6-10-26;;;;/h1-20,27-28H;;;;/q;2*+1;2*-1. The molecule has 0 aliphatic heterocycles. The Kier molecular flexibility index (Phi) is 11.5. The van der Waals surface area contributed by atoms with Crippen LogP contribution in [0.3, 0.4) is 0 Å². The van der Waals surface area contributed by atoms with Crippen LogP contribution >= 0.6 is 0 Å². The molecule has 0 aliphatic carbocycles. The van der Waals surface area contributed by atoms with Crippen molar-refractivity contribution in [2.75, 3.05) is 9.44 Å². The van der Waals surface area contributed by atoms with Crippen molar-refractivity contribution in [3.8, 4) is 0 Å². The zero-order chi connectivity index (χ0) is 24.0. The van der Waals surface area contributed by atoms with E-state index in [0.29, 0.717) is 11.4 Å². The van der Waals surface area contributed by atoms with Crippen molar-refractivity contribution in [2.45, 2.75) is 9.79 Å². The molecule has 0 bridgehead atoms. The summed E-state index contributed by atoms with van der Waals surface area (Å²) in [4.78, 5) is 0.405. The topological polar surface area (TPSA) is 92.3 Å². The summed E-state index contributed by atoms with van der Waals surface area (Å²) in [6.45, 7) is 0. The smallest absolute Gasteiger partial charge is 1.00 e. The van der Waals surface area contributed by atoms with E-state index in [9.17, 15) is 16.8 Å². The predicted molar refractivity (Wildman–Crippen MR) is 139 cm³/mol. The van der Waals surface area contributed by atoms with Crippen LogP contribution in [-0.4, -0.2) is 16.8 Å². The molecule has 0 radical (unpaired) electrons. The third kappa shape index (κ3) is 8.33. The summed E-state index contributed by atoms with van der Waals surface area (Å²) >= 11 is 0. The van der Waals surface area contributed by atoms with Gasteiger partial charge in [-0.1, -0.05) is 72.8 Å². The largest absolute Gasteiger partial charge is 1.00 e. The first-order valence-corrected chi connectivity index (χ1v) is 13.3. The van der Waals surface area contributed by atoms with E-state index in [2.05, 4.69) is 9.44 Å². The van der Waals surface area contributed by atoms with Crippen LogP contribution in [0.4, 0.5) is 11.4 Å². The van der Waals surface area contributed by atoms with Gasteiger partial charge < -0.3 is 2.85 Å². The van der Waals surface area contributed by atoms with E-state index in [-0.39, 0.29) is 71.8 Å². The molecule has 36 heavy (non-hydrogen) atoms. The van der Waals surface area contributed by atoms with E-state index < -0.39 is 20.0 Å². The number of hydrogen-bond acceptors (Lipinski definition) is 4. The predicted octanol–water partition coefficient (Wildman–Crippen LogP) is -0.308. The monoisotopic (exact) mass is 538 g/mol. The summed E-state index contributed by atoms with van der Waals surface area (Å²) in [6.07, 6.45) is 3.78. The molecule has 0 unspecified atom stereocenters. The minimum Gasteiger partial charge on any atom is -1.00 e. The zero-order valence-corrected chi connectivity index (χ0v) is 25.6. The van der Waals surface area contributed by atoms with Crippen molar-refractivity contribution < 1.29 is 78.8 Å². The number of nitrogens with one attached hydrogen (secondary N) is 2. The molecule has 0 fully saturated rings. The molecule has 0 heterocycles. The fourth-order valence-electron chi connectivity index (χ4n) is 3.14. The molecule has 0 aliphatic rings. The molecular weight excluding hydrogens is 514 g/mol. The second-order valence-electron chi connectivity index (χ2n) is 7.41. The van der Waals surface area contributed by atoms with E-state index in [4.69, 9.17) is 0 Å². The molecule has 0 saturated heterocycles. The number of rotatable bonds is 8. The maximum absolute atomic E-state index is 12.4. The summed E-state index contributed by atoms with van der Waals surface area (Å²) in [5.41, 5.74) is 2.71. The van der Waals surface area contributed by atoms with Gasteiger partial charge >= 0.3 is 59.1 Å². The maximum Gasteiger partial charge on any atom is 1.00 e. The average Bonchev–Trinajstić information content (AvgIpc) is 2.85. The number of anilines is 2. The third-order valence-corrected chi connectivity index (χ3v) is 7.70. The van der Waals surface area contributed by atoms with Crippen LogP contribution in [-0.2, 0) is 20.0 Å². The van der Waals surface area contributed by atoms with Gasteiger partial charge in [0, 0.05) is 11.4 Å². The fourth-order valence-corrected chi connectivity index (χ4v) is 5.30. The SMILES string of the molecule is O=S(=O)(Nc1ccc(C=Cc2ccc(NS(=O)(=O)c3ccccc3)cc2)cc1)c1ccccc1.[H-].[H-].[Na+].[Na+]. The molecule has 0 atom stereocenters. The van der Waals surface area contributed by atoms with Crippen LogP contribution in [0.25, 0.3) is 12.2 Å². The van der Waals surface area contributed by atoms with E-state index >= 15 is 0 Å². The second kappa shape index (κ2) is 13.6. The Labute approximate surface area is 259 Å². The van der Waals surface area contributed by atoms with Crippen molar-refractivity contribution in [3.05, 3.63) is 120 Å². The molecule has 0 spiro atoms. The van der Waals surface area contributed by atoms with Crippen LogP contribution in [0, 0.1) is 0 Å². The van der Waals surface area contributed by atoms with Crippen molar-refractivity contribution in [1.29, 1.82) is 0 Å². The molecule has 2 N–H and O–H groups in total. The van der Waals surface area contributed by atoms with Crippen LogP contribution in [0.2, 0.25) is 0 Å². The Balaban J connectivity index is 0.00000342. The molecule has 10 heteroatoms. The van der Waals surface area contributed by atoms with Gasteiger partial charge in [0.25, 0.3) is 20.0 Å². The normalized spacial score (nSPS) is 11.2. The minimum absolute atomic E-state index is 0. The zero-order valence-electron chi connectivity index (χ0n) is 22.0. The van der Waals surface area contributed by atoms with E-state index in [0.717, 1.165) is 11.1 Å². The summed E-state index contributed by atoms with van der Waals surface area (Å²) < 4.78 is 54.8. The summed E-state index contributed by atoms with van der Waals surface area (Å²) in [7, 11) is -7.27. The van der Waals surface area contributed by atoms with Gasteiger partial charge in [-0.2, -0.15) is 0 Å². The van der Waals surface area contributed by atoms with Gasteiger partial charge in [-0.3, -0.25) is 9.44 Å². The minimum atomic E-state index is -3.63. The Morgan fingerprint density at radius 1 is 0.472 bits per heavy atom. The molecule has 0 aromatic heterocycles. The van der Waals surface area contributed by atoms with Gasteiger partial charge in [0.15, 0.2) is 0 Å². The molecular formula is C26H24N2Na2O4S2. The number of benzene rings is 4. The van der Waals surface area contributed by atoms with Crippen LogP contribution < -0.4 is 68.6 Å².